The van der Waals surface area contributed by atoms with Gasteiger partial charge in [0.15, 0.2) is 5.82 Å². The normalized spacial score (nSPS) is 10.6. The van der Waals surface area contributed by atoms with Crippen molar-refractivity contribution >= 4 is 17.5 Å². The molecule has 3 aromatic heterocycles. The highest BCUT2D eigenvalue weighted by molar-refractivity contribution is 6.09. The fourth-order valence-electron chi connectivity index (χ4n) is 3.50. The summed E-state index contributed by atoms with van der Waals surface area (Å²) in [6.45, 7) is 6.06. The van der Waals surface area contributed by atoms with Crippen LogP contribution in [0.15, 0.2) is 67.1 Å². The summed E-state index contributed by atoms with van der Waals surface area (Å²) in [6.07, 6.45) is 4.82. The zero-order valence-electron chi connectivity index (χ0n) is 18.7. The van der Waals surface area contributed by atoms with Crippen LogP contribution in [-0.4, -0.2) is 31.6 Å². The van der Waals surface area contributed by atoms with Crippen molar-refractivity contribution in [3.8, 4) is 5.82 Å². The summed E-state index contributed by atoms with van der Waals surface area (Å²) >= 11 is 0. The number of nitrogens with one attached hydrogen (secondary N) is 2. The summed E-state index contributed by atoms with van der Waals surface area (Å²) in [5.74, 6) is 0.131. The number of amides is 2. The van der Waals surface area contributed by atoms with Crippen LogP contribution in [-0.2, 0) is 6.54 Å². The molecule has 0 fully saturated rings. The highest BCUT2D eigenvalue weighted by Gasteiger charge is 2.16. The van der Waals surface area contributed by atoms with Crippen LogP contribution in [0.4, 0.5) is 5.69 Å². The number of carbonyl (C=O) groups is 2. The number of aryl methyl sites for hydroxylation is 3. The van der Waals surface area contributed by atoms with Gasteiger partial charge in [-0.2, -0.15) is 5.10 Å². The molecule has 0 aliphatic carbocycles. The molecular formula is C25H24N6O2. The van der Waals surface area contributed by atoms with Crippen LogP contribution in [0.25, 0.3) is 5.82 Å². The van der Waals surface area contributed by atoms with E-state index in [1.807, 2.05) is 45.0 Å². The number of hydrogen-bond donors (Lipinski definition) is 2. The maximum absolute atomic E-state index is 12.9. The van der Waals surface area contributed by atoms with Gasteiger partial charge in [0.25, 0.3) is 11.8 Å². The van der Waals surface area contributed by atoms with Gasteiger partial charge in [-0.15, -0.1) is 0 Å². The van der Waals surface area contributed by atoms with E-state index in [2.05, 4.69) is 25.7 Å². The van der Waals surface area contributed by atoms with Crippen molar-refractivity contribution in [2.24, 2.45) is 0 Å². The van der Waals surface area contributed by atoms with Gasteiger partial charge in [-0.05, 0) is 62.2 Å². The smallest absolute Gasteiger partial charge is 0.255 e. The molecule has 2 N–H and O–H groups in total. The lowest BCUT2D eigenvalue weighted by Crippen LogP contribution is -2.25. The van der Waals surface area contributed by atoms with Gasteiger partial charge in [0.1, 0.15) is 0 Å². The maximum atomic E-state index is 12.9. The van der Waals surface area contributed by atoms with E-state index in [4.69, 9.17) is 0 Å². The largest absolute Gasteiger partial charge is 0.348 e. The fraction of sp³-hybridized carbons (Fsp3) is 0.160. The number of pyridine rings is 2. The standard InChI is InChI=1S/C25H24N6O2/c1-16-5-4-6-21(23(16)29-24(32)20-9-11-26-12-10-20)25(33)28-15-19-7-8-22(27-14-19)31-18(3)13-17(2)30-31/h4-14H,15H2,1-3H3,(H,28,33)(H,29,32). The Labute approximate surface area is 191 Å². The summed E-state index contributed by atoms with van der Waals surface area (Å²) in [6, 6.07) is 14.3. The van der Waals surface area contributed by atoms with Crippen molar-refractivity contribution in [1.82, 2.24) is 25.1 Å². The molecule has 4 rings (SSSR count). The number of rotatable bonds is 6. The molecule has 0 bridgehead atoms. The number of carbonyl (C=O) groups excluding carboxylic acids is 2. The molecule has 0 aliphatic heterocycles. The SMILES string of the molecule is Cc1cc(C)n(-c2ccc(CNC(=O)c3cccc(C)c3NC(=O)c3ccncc3)cn2)n1. The monoisotopic (exact) mass is 440 g/mol. The molecule has 8 nitrogen and oxygen atoms in total. The van der Waals surface area contributed by atoms with E-state index >= 15 is 0 Å². The molecule has 0 spiro atoms. The summed E-state index contributed by atoms with van der Waals surface area (Å²) < 4.78 is 1.78. The van der Waals surface area contributed by atoms with Crippen molar-refractivity contribution in [2.45, 2.75) is 27.3 Å². The van der Waals surface area contributed by atoms with E-state index in [1.54, 1.807) is 47.5 Å². The molecule has 2 amide bonds. The van der Waals surface area contributed by atoms with Crippen LogP contribution < -0.4 is 10.6 Å². The Hall–Kier alpha value is -4.33. The summed E-state index contributed by atoms with van der Waals surface area (Å²) in [4.78, 5) is 33.9. The van der Waals surface area contributed by atoms with Gasteiger partial charge in [-0.25, -0.2) is 9.67 Å². The number of anilines is 1. The zero-order valence-corrected chi connectivity index (χ0v) is 18.7. The van der Waals surface area contributed by atoms with E-state index < -0.39 is 0 Å². The first-order valence-electron chi connectivity index (χ1n) is 10.5. The minimum Gasteiger partial charge on any atom is -0.348 e. The third-order valence-corrected chi connectivity index (χ3v) is 5.19. The van der Waals surface area contributed by atoms with Crippen molar-refractivity contribution in [1.29, 1.82) is 0 Å². The zero-order chi connectivity index (χ0) is 23.4. The molecule has 33 heavy (non-hydrogen) atoms. The van der Waals surface area contributed by atoms with Crippen LogP contribution in [0.3, 0.4) is 0 Å². The Balaban J connectivity index is 1.46. The third-order valence-electron chi connectivity index (χ3n) is 5.19. The Morgan fingerprint density at radius 3 is 2.42 bits per heavy atom. The molecule has 0 saturated heterocycles. The predicted octanol–water partition coefficient (Wildman–Crippen LogP) is 3.77. The molecular weight excluding hydrogens is 416 g/mol. The maximum Gasteiger partial charge on any atom is 0.255 e. The Morgan fingerprint density at radius 2 is 1.76 bits per heavy atom. The van der Waals surface area contributed by atoms with E-state index in [-0.39, 0.29) is 11.8 Å². The Bertz CT molecular complexity index is 1300. The Morgan fingerprint density at radius 1 is 0.970 bits per heavy atom. The highest BCUT2D eigenvalue weighted by Crippen LogP contribution is 2.22. The second kappa shape index (κ2) is 9.44. The van der Waals surface area contributed by atoms with E-state index in [0.29, 0.717) is 23.4 Å². The van der Waals surface area contributed by atoms with Gasteiger partial charge in [-0.3, -0.25) is 14.6 Å². The first-order valence-corrected chi connectivity index (χ1v) is 10.5. The van der Waals surface area contributed by atoms with E-state index in [9.17, 15) is 9.59 Å². The van der Waals surface area contributed by atoms with Crippen LogP contribution in [0, 0.1) is 20.8 Å². The van der Waals surface area contributed by atoms with Gasteiger partial charge < -0.3 is 10.6 Å². The number of hydrogen-bond acceptors (Lipinski definition) is 5. The van der Waals surface area contributed by atoms with Crippen molar-refractivity contribution in [2.75, 3.05) is 5.32 Å². The number of nitrogens with zero attached hydrogens (tertiary/aromatic N) is 4. The molecule has 4 aromatic rings. The molecule has 0 radical (unpaired) electrons. The van der Waals surface area contributed by atoms with E-state index in [1.165, 1.54) is 0 Å². The first kappa shape index (κ1) is 21.9. The van der Waals surface area contributed by atoms with Crippen LogP contribution in [0.5, 0.6) is 0 Å². The lowest BCUT2D eigenvalue weighted by atomic mass is 10.1. The molecule has 0 saturated carbocycles. The average molecular weight is 441 g/mol. The van der Waals surface area contributed by atoms with E-state index in [0.717, 1.165) is 28.3 Å². The summed E-state index contributed by atoms with van der Waals surface area (Å²) in [5, 5.41) is 10.2. The second-order valence-electron chi connectivity index (χ2n) is 7.73. The van der Waals surface area contributed by atoms with Crippen LogP contribution >= 0.6 is 0 Å². The second-order valence-corrected chi connectivity index (χ2v) is 7.73. The first-order chi connectivity index (χ1) is 15.9. The van der Waals surface area contributed by atoms with Crippen LogP contribution in [0.1, 0.15) is 43.2 Å². The van der Waals surface area contributed by atoms with Crippen LogP contribution in [0.2, 0.25) is 0 Å². The summed E-state index contributed by atoms with van der Waals surface area (Å²) in [5.41, 5.74) is 4.91. The van der Waals surface area contributed by atoms with Gasteiger partial charge >= 0.3 is 0 Å². The lowest BCUT2D eigenvalue weighted by Gasteiger charge is -2.14. The molecule has 0 atom stereocenters. The van der Waals surface area contributed by atoms with Gasteiger partial charge in [0.05, 0.1) is 16.9 Å². The molecule has 0 unspecified atom stereocenters. The molecule has 8 heteroatoms. The minimum absolute atomic E-state index is 0.286. The predicted molar refractivity (Wildman–Crippen MR) is 125 cm³/mol. The highest BCUT2D eigenvalue weighted by atomic mass is 16.2. The summed E-state index contributed by atoms with van der Waals surface area (Å²) in [7, 11) is 0. The molecule has 3 heterocycles. The third kappa shape index (κ3) is 4.95. The van der Waals surface area contributed by atoms with Gasteiger partial charge in [0, 0.05) is 36.4 Å². The quantitative estimate of drug-likeness (QED) is 0.475. The number of benzene rings is 1. The molecule has 1 aromatic carbocycles. The number of para-hydroxylation sites is 1. The topological polar surface area (TPSA) is 102 Å². The van der Waals surface area contributed by atoms with Crippen molar-refractivity contribution < 1.29 is 9.59 Å². The lowest BCUT2D eigenvalue weighted by molar-refractivity contribution is 0.0951. The number of aromatic nitrogens is 4. The molecule has 0 aliphatic rings. The van der Waals surface area contributed by atoms with Crippen molar-refractivity contribution in [3.63, 3.8) is 0 Å². The fourth-order valence-corrected chi connectivity index (χ4v) is 3.50. The average Bonchev–Trinajstić information content (AvgIpc) is 3.17. The Kier molecular flexibility index (Phi) is 6.26. The minimum atomic E-state index is -0.301. The van der Waals surface area contributed by atoms with Crippen molar-refractivity contribution in [3.05, 3.63) is 101 Å². The van der Waals surface area contributed by atoms with Gasteiger partial charge in [0.2, 0.25) is 0 Å². The van der Waals surface area contributed by atoms with Gasteiger partial charge in [-0.1, -0.05) is 18.2 Å². The molecule has 166 valence electrons.